The van der Waals surface area contributed by atoms with Gasteiger partial charge >= 0.3 is 0 Å². The van der Waals surface area contributed by atoms with E-state index >= 15 is 0 Å². The molecule has 1 aromatic carbocycles. The topological polar surface area (TPSA) is 32.3 Å². The van der Waals surface area contributed by atoms with E-state index in [0.29, 0.717) is 6.54 Å². The standard InChI is InChI=1S/C9H9BrN2O/c10-12-7(6-13)5-11-8-3-1-2-4-9(8)12/h1-4,6-7,11H,5H2. The fourth-order valence-electron chi connectivity index (χ4n) is 1.38. The van der Waals surface area contributed by atoms with E-state index in [2.05, 4.69) is 21.5 Å². The Morgan fingerprint density at radius 3 is 3.08 bits per heavy atom. The monoisotopic (exact) mass is 240 g/mol. The van der Waals surface area contributed by atoms with Gasteiger partial charge in [-0.2, -0.15) is 0 Å². The Balaban J connectivity index is 2.38. The van der Waals surface area contributed by atoms with Gasteiger partial charge in [-0.3, -0.25) is 3.93 Å². The van der Waals surface area contributed by atoms with Gasteiger partial charge in [-0.1, -0.05) is 12.1 Å². The molecule has 0 aromatic heterocycles. The highest BCUT2D eigenvalue weighted by Gasteiger charge is 2.22. The average molecular weight is 241 g/mol. The third-order valence-electron chi connectivity index (χ3n) is 2.08. The van der Waals surface area contributed by atoms with E-state index in [1.54, 1.807) is 0 Å². The second-order valence-electron chi connectivity index (χ2n) is 2.91. The van der Waals surface area contributed by atoms with Gasteiger partial charge in [-0.25, -0.2) is 0 Å². The molecule has 13 heavy (non-hydrogen) atoms. The number of carbonyl (C=O) groups is 1. The second kappa shape index (κ2) is 3.38. The van der Waals surface area contributed by atoms with Crippen molar-refractivity contribution in [2.45, 2.75) is 6.04 Å². The zero-order chi connectivity index (χ0) is 9.26. The average Bonchev–Trinajstić information content (AvgIpc) is 2.19. The Morgan fingerprint density at radius 2 is 2.31 bits per heavy atom. The maximum Gasteiger partial charge on any atom is 0.145 e. The lowest BCUT2D eigenvalue weighted by Gasteiger charge is -2.31. The van der Waals surface area contributed by atoms with Crippen LogP contribution in [0.25, 0.3) is 0 Å². The van der Waals surface area contributed by atoms with Crippen molar-refractivity contribution in [1.82, 2.24) is 0 Å². The highest BCUT2D eigenvalue weighted by atomic mass is 79.9. The van der Waals surface area contributed by atoms with Crippen LogP contribution in [-0.2, 0) is 4.79 Å². The van der Waals surface area contributed by atoms with Gasteiger partial charge in [-0.05, 0) is 12.1 Å². The summed E-state index contributed by atoms with van der Waals surface area (Å²) in [6, 6.07) is 7.74. The zero-order valence-corrected chi connectivity index (χ0v) is 8.49. The Hall–Kier alpha value is -1.03. The molecule has 1 N–H and O–H groups in total. The molecule has 3 nitrogen and oxygen atoms in total. The van der Waals surface area contributed by atoms with Gasteiger partial charge < -0.3 is 10.1 Å². The lowest BCUT2D eigenvalue weighted by Crippen LogP contribution is -2.38. The summed E-state index contributed by atoms with van der Waals surface area (Å²) in [5.74, 6) is 0. The zero-order valence-electron chi connectivity index (χ0n) is 6.90. The van der Waals surface area contributed by atoms with Crippen LogP contribution in [0.1, 0.15) is 0 Å². The number of fused-ring (bicyclic) bond motifs is 1. The number of nitrogens with zero attached hydrogens (tertiary/aromatic N) is 1. The maximum atomic E-state index is 10.7. The number of para-hydroxylation sites is 2. The summed E-state index contributed by atoms with van der Waals surface area (Å²) >= 11 is 3.38. The van der Waals surface area contributed by atoms with E-state index in [4.69, 9.17) is 0 Å². The van der Waals surface area contributed by atoms with Crippen LogP contribution < -0.4 is 9.24 Å². The van der Waals surface area contributed by atoms with Gasteiger partial charge in [0, 0.05) is 6.54 Å². The SMILES string of the molecule is O=CC1CNc2ccccc2N1Br. The molecule has 0 fully saturated rings. The predicted octanol–water partition coefficient (Wildman–Crippen LogP) is 1.80. The van der Waals surface area contributed by atoms with Crippen LogP contribution in [0.5, 0.6) is 0 Å². The Labute approximate surface area is 85.1 Å². The van der Waals surface area contributed by atoms with Crippen LogP contribution in [0.15, 0.2) is 24.3 Å². The van der Waals surface area contributed by atoms with Crippen LogP contribution in [0, 0.1) is 0 Å². The molecule has 1 atom stereocenters. The van der Waals surface area contributed by atoms with Gasteiger partial charge in [0.05, 0.1) is 27.5 Å². The fourth-order valence-corrected chi connectivity index (χ4v) is 1.93. The number of carbonyl (C=O) groups excluding carboxylic acids is 1. The smallest absolute Gasteiger partial charge is 0.145 e. The van der Waals surface area contributed by atoms with Crippen molar-refractivity contribution in [3.05, 3.63) is 24.3 Å². The molecule has 1 aliphatic rings. The van der Waals surface area contributed by atoms with Gasteiger partial charge in [0.25, 0.3) is 0 Å². The first-order chi connectivity index (χ1) is 6.33. The summed E-state index contributed by atoms with van der Waals surface area (Å²) in [7, 11) is 0. The summed E-state index contributed by atoms with van der Waals surface area (Å²) in [5, 5.41) is 3.19. The first kappa shape index (κ1) is 8.56. The van der Waals surface area contributed by atoms with Gasteiger partial charge in [-0.15, -0.1) is 0 Å². The molecule has 1 heterocycles. The summed E-state index contributed by atoms with van der Waals surface area (Å²) in [4.78, 5) is 10.7. The van der Waals surface area contributed by atoms with Crippen molar-refractivity contribution in [1.29, 1.82) is 0 Å². The van der Waals surface area contributed by atoms with E-state index in [-0.39, 0.29) is 6.04 Å². The molecule has 0 radical (unpaired) electrons. The van der Waals surface area contributed by atoms with Crippen LogP contribution in [0.4, 0.5) is 11.4 Å². The molecular formula is C9H9BrN2O. The van der Waals surface area contributed by atoms with Crippen LogP contribution >= 0.6 is 16.1 Å². The number of hydrogen-bond acceptors (Lipinski definition) is 3. The fraction of sp³-hybridized carbons (Fsp3) is 0.222. The van der Waals surface area contributed by atoms with E-state index in [0.717, 1.165) is 17.7 Å². The predicted molar refractivity (Wildman–Crippen MR) is 56.2 cm³/mol. The molecule has 0 aliphatic carbocycles. The third-order valence-corrected chi connectivity index (χ3v) is 2.99. The van der Waals surface area contributed by atoms with E-state index in [1.165, 1.54) is 0 Å². The normalized spacial score (nSPS) is 20.4. The van der Waals surface area contributed by atoms with Crippen molar-refractivity contribution in [2.75, 3.05) is 15.8 Å². The number of anilines is 2. The minimum absolute atomic E-state index is 0.130. The molecule has 4 heteroatoms. The Kier molecular flexibility index (Phi) is 2.22. The Morgan fingerprint density at radius 1 is 1.54 bits per heavy atom. The van der Waals surface area contributed by atoms with Crippen molar-refractivity contribution < 1.29 is 4.79 Å². The molecule has 0 amide bonds. The number of benzene rings is 1. The second-order valence-corrected chi connectivity index (χ2v) is 3.68. The van der Waals surface area contributed by atoms with Gasteiger partial charge in [0.15, 0.2) is 0 Å². The van der Waals surface area contributed by atoms with Crippen molar-refractivity contribution in [2.24, 2.45) is 0 Å². The van der Waals surface area contributed by atoms with E-state index < -0.39 is 0 Å². The molecule has 0 spiro atoms. The minimum Gasteiger partial charge on any atom is -0.381 e. The van der Waals surface area contributed by atoms with Crippen LogP contribution in [-0.4, -0.2) is 18.9 Å². The molecule has 1 aromatic rings. The lowest BCUT2D eigenvalue weighted by molar-refractivity contribution is -0.108. The molecule has 0 saturated carbocycles. The summed E-state index contributed by atoms with van der Waals surface area (Å²) in [6.07, 6.45) is 0.928. The summed E-state index contributed by atoms with van der Waals surface area (Å²) in [6.45, 7) is 0.645. The first-order valence-corrected chi connectivity index (χ1v) is 4.77. The first-order valence-electron chi connectivity index (χ1n) is 4.06. The summed E-state index contributed by atoms with van der Waals surface area (Å²) in [5.41, 5.74) is 2.06. The minimum atomic E-state index is -0.130. The maximum absolute atomic E-state index is 10.7. The molecule has 68 valence electrons. The molecule has 2 rings (SSSR count). The van der Waals surface area contributed by atoms with Crippen LogP contribution in [0.2, 0.25) is 0 Å². The molecule has 0 saturated heterocycles. The van der Waals surface area contributed by atoms with Gasteiger partial charge in [0.1, 0.15) is 12.3 Å². The molecule has 1 unspecified atom stereocenters. The number of rotatable bonds is 1. The molecular weight excluding hydrogens is 232 g/mol. The largest absolute Gasteiger partial charge is 0.381 e. The lowest BCUT2D eigenvalue weighted by atomic mass is 10.2. The molecule has 1 aliphatic heterocycles. The summed E-state index contributed by atoms with van der Waals surface area (Å²) < 4.78 is 1.81. The highest BCUT2D eigenvalue weighted by molar-refractivity contribution is 9.10. The van der Waals surface area contributed by atoms with Crippen molar-refractivity contribution in [3.8, 4) is 0 Å². The van der Waals surface area contributed by atoms with E-state index in [9.17, 15) is 4.79 Å². The highest BCUT2D eigenvalue weighted by Crippen LogP contribution is 2.32. The van der Waals surface area contributed by atoms with Crippen LogP contribution in [0.3, 0.4) is 0 Å². The number of halogens is 1. The Bertz CT molecular complexity index is 329. The quantitative estimate of drug-likeness (QED) is 0.601. The number of nitrogens with one attached hydrogen (secondary N) is 1. The number of aldehydes is 1. The molecule has 0 bridgehead atoms. The van der Waals surface area contributed by atoms with Crippen molar-refractivity contribution in [3.63, 3.8) is 0 Å². The number of hydrogen-bond donors (Lipinski definition) is 1. The third kappa shape index (κ3) is 1.42. The van der Waals surface area contributed by atoms with Crippen molar-refractivity contribution >= 4 is 33.8 Å². The van der Waals surface area contributed by atoms with Gasteiger partial charge in [0.2, 0.25) is 0 Å². The van der Waals surface area contributed by atoms with E-state index in [1.807, 2.05) is 28.2 Å².